The molecule has 1 aromatic carbocycles. The second-order valence-electron chi connectivity index (χ2n) is 3.43. The van der Waals surface area contributed by atoms with Crippen LogP contribution in [0.5, 0.6) is 5.75 Å². The Morgan fingerprint density at radius 2 is 1.88 bits per heavy atom. The van der Waals surface area contributed by atoms with Crippen molar-refractivity contribution in [2.75, 3.05) is 6.61 Å². The normalized spacial score (nSPS) is 13.9. The lowest BCUT2D eigenvalue weighted by Gasteiger charge is -2.10. The molecule has 0 saturated carbocycles. The fourth-order valence-corrected chi connectivity index (χ4v) is 1.17. The zero-order chi connectivity index (χ0) is 12.9. The van der Waals surface area contributed by atoms with Crippen molar-refractivity contribution in [2.45, 2.75) is 19.1 Å². The van der Waals surface area contributed by atoms with Crippen LogP contribution in [0.25, 0.3) is 6.08 Å². The Bertz CT molecular complexity index is 370. The second kappa shape index (κ2) is 5.72. The molecular weight excluding hydrogens is 231 g/mol. The molecule has 0 amide bonds. The van der Waals surface area contributed by atoms with Crippen molar-refractivity contribution in [2.24, 2.45) is 5.73 Å². The minimum absolute atomic E-state index is 0.550. The van der Waals surface area contributed by atoms with E-state index >= 15 is 0 Å². The summed E-state index contributed by atoms with van der Waals surface area (Å²) >= 11 is 0. The van der Waals surface area contributed by atoms with E-state index in [1.54, 1.807) is 24.3 Å². The molecule has 5 heteroatoms. The Hall–Kier alpha value is -1.49. The van der Waals surface area contributed by atoms with Crippen LogP contribution in [0.1, 0.15) is 12.5 Å². The predicted octanol–water partition coefficient (Wildman–Crippen LogP) is 2.99. The molecule has 94 valence electrons. The predicted molar refractivity (Wildman–Crippen MR) is 60.7 cm³/mol. The van der Waals surface area contributed by atoms with E-state index in [4.69, 9.17) is 10.5 Å². The van der Waals surface area contributed by atoms with Crippen molar-refractivity contribution in [3.05, 3.63) is 35.9 Å². The van der Waals surface area contributed by atoms with Gasteiger partial charge in [-0.05, 0) is 24.6 Å². The molecule has 0 fully saturated rings. The fourth-order valence-electron chi connectivity index (χ4n) is 1.17. The van der Waals surface area contributed by atoms with E-state index in [9.17, 15) is 13.2 Å². The first-order chi connectivity index (χ1) is 7.93. The molecule has 2 N–H and O–H groups in total. The number of rotatable bonds is 4. The molecule has 0 aromatic heterocycles. The molecule has 0 unspecified atom stereocenters. The van der Waals surface area contributed by atoms with Crippen molar-refractivity contribution >= 4 is 6.08 Å². The van der Waals surface area contributed by atoms with E-state index in [2.05, 4.69) is 0 Å². The highest BCUT2D eigenvalue weighted by Crippen LogP contribution is 2.20. The Kier molecular flexibility index (Phi) is 4.57. The van der Waals surface area contributed by atoms with Crippen LogP contribution in [0.4, 0.5) is 13.2 Å². The summed E-state index contributed by atoms with van der Waals surface area (Å²) in [5, 5.41) is 0. The lowest BCUT2D eigenvalue weighted by atomic mass is 10.1. The molecule has 1 aromatic rings. The first-order valence-corrected chi connectivity index (χ1v) is 5.17. The van der Waals surface area contributed by atoms with Gasteiger partial charge >= 0.3 is 6.18 Å². The molecule has 2 nitrogen and oxygen atoms in total. The molecule has 17 heavy (non-hydrogen) atoms. The Labute approximate surface area is 97.9 Å². The van der Waals surface area contributed by atoms with E-state index in [-0.39, 0.29) is 0 Å². The van der Waals surface area contributed by atoms with Gasteiger partial charge < -0.3 is 10.5 Å². The summed E-state index contributed by atoms with van der Waals surface area (Å²) in [6.45, 7) is 2.41. The van der Waals surface area contributed by atoms with Gasteiger partial charge in [-0.25, -0.2) is 0 Å². The zero-order valence-corrected chi connectivity index (χ0v) is 9.37. The zero-order valence-electron chi connectivity index (χ0n) is 9.37. The maximum atomic E-state index is 12.1. The van der Waals surface area contributed by atoms with Crippen LogP contribution in [0, 0.1) is 0 Å². The van der Waals surface area contributed by atoms with E-state index in [1.165, 1.54) is 6.08 Å². The van der Waals surface area contributed by atoms with Crippen molar-refractivity contribution in [1.82, 2.24) is 0 Å². The minimum Gasteiger partial charge on any atom is -0.494 e. The third-order valence-corrected chi connectivity index (χ3v) is 2.07. The monoisotopic (exact) mass is 245 g/mol. The quantitative estimate of drug-likeness (QED) is 0.885. The van der Waals surface area contributed by atoms with E-state index in [0.717, 1.165) is 6.08 Å². The van der Waals surface area contributed by atoms with Crippen LogP contribution in [0.2, 0.25) is 0 Å². The average molecular weight is 245 g/mol. The molecule has 0 aliphatic rings. The van der Waals surface area contributed by atoms with E-state index in [1.807, 2.05) is 6.92 Å². The number of benzene rings is 1. The second-order valence-corrected chi connectivity index (χ2v) is 3.43. The van der Waals surface area contributed by atoms with E-state index in [0.29, 0.717) is 17.9 Å². The summed E-state index contributed by atoms with van der Waals surface area (Å²) in [6, 6.07) is 4.80. The van der Waals surface area contributed by atoms with Gasteiger partial charge in [0.2, 0.25) is 0 Å². The van der Waals surface area contributed by atoms with Gasteiger partial charge in [-0.1, -0.05) is 24.3 Å². The molecule has 0 spiro atoms. The van der Waals surface area contributed by atoms with Crippen molar-refractivity contribution in [1.29, 1.82) is 0 Å². The third-order valence-electron chi connectivity index (χ3n) is 2.07. The molecule has 1 rings (SSSR count). The smallest absolute Gasteiger partial charge is 0.407 e. The van der Waals surface area contributed by atoms with Crippen LogP contribution in [0.3, 0.4) is 0 Å². The Morgan fingerprint density at radius 3 is 2.35 bits per heavy atom. The maximum Gasteiger partial charge on any atom is 0.407 e. The topological polar surface area (TPSA) is 35.2 Å². The standard InChI is InChI=1S/C12H14F3NO/c1-2-17-10-6-3-9(4-7-10)5-8-11(16)12(13,14)15/h3-8,11H,2,16H2,1H3/t11-/m0/s1. The van der Waals surface area contributed by atoms with Crippen molar-refractivity contribution in [3.8, 4) is 5.75 Å². The van der Waals surface area contributed by atoms with Crippen LogP contribution in [-0.4, -0.2) is 18.8 Å². The van der Waals surface area contributed by atoms with Gasteiger partial charge in [0.1, 0.15) is 11.8 Å². The van der Waals surface area contributed by atoms with Crippen LogP contribution in [-0.2, 0) is 0 Å². The molecule has 0 heterocycles. The summed E-state index contributed by atoms with van der Waals surface area (Å²) in [4.78, 5) is 0. The van der Waals surface area contributed by atoms with Gasteiger partial charge in [-0.3, -0.25) is 0 Å². The molecule has 0 saturated heterocycles. The largest absolute Gasteiger partial charge is 0.494 e. The fraction of sp³-hybridized carbons (Fsp3) is 0.333. The molecule has 0 bridgehead atoms. The van der Waals surface area contributed by atoms with Crippen LogP contribution < -0.4 is 10.5 Å². The minimum atomic E-state index is -4.40. The summed E-state index contributed by atoms with van der Waals surface area (Å²) < 4.78 is 41.6. The average Bonchev–Trinajstić information content (AvgIpc) is 2.27. The van der Waals surface area contributed by atoms with Gasteiger partial charge in [0.05, 0.1) is 6.61 Å². The van der Waals surface area contributed by atoms with Gasteiger partial charge in [-0.15, -0.1) is 0 Å². The third kappa shape index (κ3) is 4.48. The van der Waals surface area contributed by atoms with Gasteiger partial charge in [0.25, 0.3) is 0 Å². The van der Waals surface area contributed by atoms with Gasteiger partial charge in [0.15, 0.2) is 0 Å². The van der Waals surface area contributed by atoms with Crippen molar-refractivity contribution < 1.29 is 17.9 Å². The SMILES string of the molecule is CCOc1ccc(C=C[C@H](N)C(F)(F)F)cc1. The summed E-state index contributed by atoms with van der Waals surface area (Å²) in [5.74, 6) is 0.685. The van der Waals surface area contributed by atoms with E-state index < -0.39 is 12.2 Å². The summed E-state index contributed by atoms with van der Waals surface area (Å²) in [7, 11) is 0. The first kappa shape index (κ1) is 13.6. The highest BCUT2D eigenvalue weighted by molar-refractivity contribution is 5.51. The number of halogens is 3. The summed E-state index contributed by atoms with van der Waals surface area (Å²) in [6.07, 6.45) is -2.13. The maximum absolute atomic E-state index is 12.1. The van der Waals surface area contributed by atoms with Crippen LogP contribution in [0.15, 0.2) is 30.3 Å². The number of ether oxygens (including phenoxy) is 1. The molecule has 1 atom stereocenters. The number of nitrogens with two attached hydrogens (primary N) is 1. The highest BCUT2D eigenvalue weighted by atomic mass is 19.4. The molecule has 0 aliphatic heterocycles. The summed E-state index contributed by atoms with van der Waals surface area (Å²) in [5.41, 5.74) is 5.59. The molecule has 0 aliphatic carbocycles. The lowest BCUT2D eigenvalue weighted by molar-refractivity contribution is -0.136. The highest BCUT2D eigenvalue weighted by Gasteiger charge is 2.34. The number of hydrogen-bond acceptors (Lipinski definition) is 2. The number of alkyl halides is 3. The van der Waals surface area contributed by atoms with Crippen LogP contribution >= 0.6 is 0 Å². The van der Waals surface area contributed by atoms with Gasteiger partial charge in [-0.2, -0.15) is 13.2 Å². The first-order valence-electron chi connectivity index (χ1n) is 5.17. The molecule has 0 radical (unpaired) electrons. The van der Waals surface area contributed by atoms with Gasteiger partial charge in [0, 0.05) is 0 Å². The lowest BCUT2D eigenvalue weighted by Crippen LogP contribution is -2.35. The Morgan fingerprint density at radius 1 is 1.29 bits per heavy atom. The molecular formula is C12H14F3NO. The van der Waals surface area contributed by atoms with Crippen molar-refractivity contribution in [3.63, 3.8) is 0 Å². The number of hydrogen-bond donors (Lipinski definition) is 1. The Balaban J connectivity index is 2.66.